The van der Waals surface area contributed by atoms with Gasteiger partial charge in [-0.2, -0.15) is 0 Å². The van der Waals surface area contributed by atoms with Gasteiger partial charge in [0, 0.05) is 13.6 Å². The first-order valence-corrected chi connectivity index (χ1v) is 9.17. The van der Waals surface area contributed by atoms with Gasteiger partial charge in [0.2, 0.25) is 5.91 Å². The second-order valence-corrected chi connectivity index (χ2v) is 6.67. The van der Waals surface area contributed by atoms with Gasteiger partial charge in [0.15, 0.2) is 6.61 Å². The van der Waals surface area contributed by atoms with E-state index in [0.29, 0.717) is 18.7 Å². The topological polar surface area (TPSA) is 58.6 Å². The third-order valence-electron chi connectivity index (χ3n) is 4.59. The Morgan fingerprint density at radius 3 is 2.48 bits per heavy atom. The van der Waals surface area contributed by atoms with Crippen molar-refractivity contribution >= 4 is 11.8 Å². The Hall–Kier alpha value is -2.82. The lowest BCUT2D eigenvalue weighted by Gasteiger charge is -2.28. The standard InChI is InChI=1S/C22H28N2O3/c1-16-10-11-17(2)20(14-16)27-15-21(25)24(18(3)22(26)23-4)13-12-19-8-6-5-7-9-19/h5-11,14,18H,12-13,15H2,1-4H3,(H,23,26)/t18-/m0/s1. The van der Waals surface area contributed by atoms with Crippen LogP contribution in [-0.4, -0.2) is 43.0 Å². The molecule has 2 amide bonds. The average molecular weight is 368 g/mol. The molecule has 0 aliphatic heterocycles. The molecule has 144 valence electrons. The molecule has 5 nitrogen and oxygen atoms in total. The van der Waals surface area contributed by atoms with E-state index in [1.807, 2.05) is 62.4 Å². The summed E-state index contributed by atoms with van der Waals surface area (Å²) in [5.74, 6) is 0.296. The lowest BCUT2D eigenvalue weighted by atomic mass is 10.1. The molecule has 2 rings (SSSR count). The number of hydrogen-bond acceptors (Lipinski definition) is 3. The fourth-order valence-corrected chi connectivity index (χ4v) is 2.86. The number of benzene rings is 2. The van der Waals surface area contributed by atoms with E-state index in [1.165, 1.54) is 0 Å². The quantitative estimate of drug-likeness (QED) is 0.779. The van der Waals surface area contributed by atoms with E-state index in [9.17, 15) is 9.59 Å². The molecule has 1 N–H and O–H groups in total. The van der Waals surface area contributed by atoms with Gasteiger partial charge in [0.05, 0.1) is 0 Å². The van der Waals surface area contributed by atoms with Crippen molar-refractivity contribution in [3.05, 3.63) is 65.2 Å². The zero-order valence-electron chi connectivity index (χ0n) is 16.5. The van der Waals surface area contributed by atoms with Gasteiger partial charge in [-0.1, -0.05) is 42.5 Å². The van der Waals surface area contributed by atoms with Crippen LogP contribution < -0.4 is 10.1 Å². The summed E-state index contributed by atoms with van der Waals surface area (Å²) in [5, 5.41) is 2.62. The van der Waals surface area contributed by atoms with Gasteiger partial charge in [0.1, 0.15) is 11.8 Å². The predicted molar refractivity (Wildman–Crippen MR) is 107 cm³/mol. The molecule has 0 radical (unpaired) electrons. The van der Waals surface area contributed by atoms with Crippen molar-refractivity contribution in [1.82, 2.24) is 10.2 Å². The van der Waals surface area contributed by atoms with E-state index in [1.54, 1.807) is 18.9 Å². The number of likely N-dealkylation sites (N-methyl/N-ethyl adjacent to an activating group) is 1. The highest BCUT2D eigenvalue weighted by Crippen LogP contribution is 2.19. The number of amides is 2. The summed E-state index contributed by atoms with van der Waals surface area (Å²) in [7, 11) is 1.57. The third kappa shape index (κ3) is 5.84. The summed E-state index contributed by atoms with van der Waals surface area (Å²) < 4.78 is 5.75. The summed E-state index contributed by atoms with van der Waals surface area (Å²) in [5.41, 5.74) is 3.17. The molecule has 2 aromatic carbocycles. The lowest BCUT2D eigenvalue weighted by molar-refractivity contribution is -0.141. The van der Waals surface area contributed by atoms with E-state index in [4.69, 9.17) is 4.74 Å². The van der Waals surface area contributed by atoms with Crippen LogP contribution in [0.4, 0.5) is 0 Å². The van der Waals surface area contributed by atoms with Crippen molar-refractivity contribution in [2.24, 2.45) is 0 Å². The first-order chi connectivity index (χ1) is 12.9. The summed E-state index contributed by atoms with van der Waals surface area (Å²) in [6.07, 6.45) is 0.678. The smallest absolute Gasteiger partial charge is 0.261 e. The molecule has 0 fully saturated rings. The highest BCUT2D eigenvalue weighted by atomic mass is 16.5. The van der Waals surface area contributed by atoms with Crippen molar-refractivity contribution in [2.45, 2.75) is 33.2 Å². The summed E-state index contributed by atoms with van der Waals surface area (Å²) >= 11 is 0. The van der Waals surface area contributed by atoms with E-state index >= 15 is 0 Å². The van der Waals surface area contributed by atoms with Crippen molar-refractivity contribution in [2.75, 3.05) is 20.2 Å². The van der Waals surface area contributed by atoms with Gasteiger partial charge in [-0.3, -0.25) is 9.59 Å². The molecule has 0 aliphatic rings. The Kier molecular flexibility index (Phi) is 7.41. The Morgan fingerprint density at radius 2 is 1.81 bits per heavy atom. The number of rotatable bonds is 8. The number of nitrogens with zero attached hydrogens (tertiary/aromatic N) is 1. The third-order valence-corrected chi connectivity index (χ3v) is 4.59. The molecule has 0 saturated carbocycles. The molecular weight excluding hydrogens is 340 g/mol. The molecule has 27 heavy (non-hydrogen) atoms. The van der Waals surface area contributed by atoms with E-state index in [-0.39, 0.29) is 18.4 Å². The number of carbonyl (C=O) groups is 2. The predicted octanol–water partition coefficient (Wildman–Crippen LogP) is 2.89. The minimum Gasteiger partial charge on any atom is -0.483 e. The van der Waals surface area contributed by atoms with Crippen LogP contribution in [0.5, 0.6) is 5.75 Å². The zero-order chi connectivity index (χ0) is 19.8. The van der Waals surface area contributed by atoms with E-state index in [2.05, 4.69) is 5.32 Å². The van der Waals surface area contributed by atoms with Crippen LogP contribution in [0.2, 0.25) is 0 Å². The van der Waals surface area contributed by atoms with Crippen LogP contribution >= 0.6 is 0 Å². The SMILES string of the molecule is CNC(=O)[C@H](C)N(CCc1ccccc1)C(=O)COc1cc(C)ccc1C. The summed E-state index contributed by atoms with van der Waals surface area (Å²) in [6, 6.07) is 15.2. The minimum atomic E-state index is -0.562. The monoisotopic (exact) mass is 368 g/mol. The number of carbonyl (C=O) groups excluding carboxylic acids is 2. The Bertz CT molecular complexity index is 774. The van der Waals surface area contributed by atoms with Crippen LogP contribution in [0.1, 0.15) is 23.6 Å². The first kappa shape index (κ1) is 20.5. The molecule has 0 saturated heterocycles. The van der Waals surface area contributed by atoms with Gasteiger partial charge < -0.3 is 15.0 Å². The normalized spacial score (nSPS) is 11.6. The molecule has 2 aromatic rings. The van der Waals surface area contributed by atoms with Crippen LogP contribution in [-0.2, 0) is 16.0 Å². The highest BCUT2D eigenvalue weighted by molar-refractivity contribution is 5.87. The zero-order valence-corrected chi connectivity index (χ0v) is 16.5. The maximum Gasteiger partial charge on any atom is 0.261 e. The molecule has 0 aromatic heterocycles. The first-order valence-electron chi connectivity index (χ1n) is 9.17. The molecule has 0 bridgehead atoms. The van der Waals surface area contributed by atoms with Crippen molar-refractivity contribution in [3.63, 3.8) is 0 Å². The van der Waals surface area contributed by atoms with E-state index < -0.39 is 6.04 Å². The Morgan fingerprint density at radius 1 is 1.11 bits per heavy atom. The van der Waals surface area contributed by atoms with Crippen LogP contribution in [0.15, 0.2) is 48.5 Å². The lowest BCUT2D eigenvalue weighted by Crippen LogP contribution is -2.49. The molecule has 0 unspecified atom stereocenters. The van der Waals surface area contributed by atoms with Crippen LogP contribution in [0, 0.1) is 13.8 Å². The molecule has 0 heterocycles. The maximum absolute atomic E-state index is 12.8. The number of nitrogens with one attached hydrogen (secondary N) is 1. The second-order valence-electron chi connectivity index (χ2n) is 6.67. The fraction of sp³-hybridized carbons (Fsp3) is 0.364. The molecule has 0 aliphatic carbocycles. The Balaban J connectivity index is 2.07. The van der Waals surface area contributed by atoms with Crippen molar-refractivity contribution in [3.8, 4) is 5.75 Å². The van der Waals surface area contributed by atoms with Crippen LogP contribution in [0.3, 0.4) is 0 Å². The van der Waals surface area contributed by atoms with Crippen molar-refractivity contribution in [1.29, 1.82) is 0 Å². The van der Waals surface area contributed by atoms with Gasteiger partial charge in [-0.05, 0) is 49.9 Å². The second kappa shape index (κ2) is 9.76. The maximum atomic E-state index is 12.8. The molecule has 5 heteroatoms. The van der Waals surface area contributed by atoms with Gasteiger partial charge in [0.25, 0.3) is 5.91 Å². The van der Waals surface area contributed by atoms with Gasteiger partial charge in [-0.25, -0.2) is 0 Å². The Labute approximate surface area is 161 Å². The molecule has 0 spiro atoms. The minimum absolute atomic E-state index is 0.0968. The summed E-state index contributed by atoms with van der Waals surface area (Å²) in [4.78, 5) is 26.5. The van der Waals surface area contributed by atoms with Crippen LogP contribution in [0.25, 0.3) is 0 Å². The molecule has 1 atom stereocenters. The number of hydrogen-bond donors (Lipinski definition) is 1. The fourth-order valence-electron chi connectivity index (χ4n) is 2.86. The number of aryl methyl sites for hydroxylation is 2. The average Bonchev–Trinajstić information content (AvgIpc) is 2.68. The largest absolute Gasteiger partial charge is 0.483 e. The van der Waals surface area contributed by atoms with Gasteiger partial charge in [-0.15, -0.1) is 0 Å². The van der Waals surface area contributed by atoms with E-state index in [0.717, 1.165) is 16.7 Å². The van der Waals surface area contributed by atoms with Gasteiger partial charge >= 0.3 is 0 Å². The highest BCUT2D eigenvalue weighted by Gasteiger charge is 2.25. The number of ether oxygens (including phenoxy) is 1. The molecular formula is C22H28N2O3. The van der Waals surface area contributed by atoms with Crippen molar-refractivity contribution < 1.29 is 14.3 Å². The summed E-state index contributed by atoms with van der Waals surface area (Å²) in [6.45, 7) is 6.02.